The van der Waals surface area contributed by atoms with Crippen LogP contribution in [0.4, 0.5) is 0 Å². The first-order valence-electron chi connectivity index (χ1n) is 7.11. The Morgan fingerprint density at radius 1 is 1.28 bits per heavy atom. The van der Waals surface area contributed by atoms with Crippen LogP contribution in [0, 0.1) is 5.41 Å². The lowest BCUT2D eigenvalue weighted by Gasteiger charge is -2.37. The maximum absolute atomic E-state index is 5.80. The van der Waals surface area contributed by atoms with Crippen molar-refractivity contribution in [3.05, 3.63) is 35.9 Å². The van der Waals surface area contributed by atoms with Gasteiger partial charge >= 0.3 is 0 Å². The van der Waals surface area contributed by atoms with Gasteiger partial charge in [0.15, 0.2) is 0 Å². The second-order valence-electron chi connectivity index (χ2n) is 6.14. The molecule has 0 aromatic heterocycles. The fourth-order valence-corrected chi connectivity index (χ4v) is 3.31. The van der Waals surface area contributed by atoms with Crippen LogP contribution < -0.4 is 5.73 Å². The van der Waals surface area contributed by atoms with Gasteiger partial charge in [-0.1, -0.05) is 50.6 Å². The van der Waals surface area contributed by atoms with Gasteiger partial charge in [0, 0.05) is 25.7 Å². The predicted octanol–water partition coefficient (Wildman–Crippen LogP) is 3.03. The van der Waals surface area contributed by atoms with Crippen molar-refractivity contribution in [3.63, 3.8) is 0 Å². The molecule has 2 nitrogen and oxygen atoms in total. The van der Waals surface area contributed by atoms with Crippen molar-refractivity contribution in [2.24, 2.45) is 11.1 Å². The Labute approximate surface area is 111 Å². The zero-order valence-corrected chi connectivity index (χ0v) is 11.7. The van der Waals surface area contributed by atoms with Crippen LogP contribution in [-0.4, -0.2) is 24.0 Å². The molecule has 18 heavy (non-hydrogen) atoms. The van der Waals surface area contributed by atoms with E-state index in [1.807, 2.05) is 0 Å². The van der Waals surface area contributed by atoms with Crippen molar-refractivity contribution in [2.45, 2.75) is 45.7 Å². The van der Waals surface area contributed by atoms with Crippen LogP contribution >= 0.6 is 0 Å². The highest BCUT2D eigenvalue weighted by Gasteiger charge is 2.37. The summed E-state index contributed by atoms with van der Waals surface area (Å²) in [6, 6.07) is 11.4. The molecular formula is C16H26N2. The van der Waals surface area contributed by atoms with Gasteiger partial charge in [-0.2, -0.15) is 0 Å². The Hall–Kier alpha value is -0.860. The highest BCUT2D eigenvalue weighted by atomic mass is 15.2. The third-order valence-electron chi connectivity index (χ3n) is 4.29. The van der Waals surface area contributed by atoms with Gasteiger partial charge in [0.25, 0.3) is 0 Å². The Bertz CT molecular complexity index is 359. The molecule has 0 saturated heterocycles. The van der Waals surface area contributed by atoms with E-state index < -0.39 is 0 Å². The van der Waals surface area contributed by atoms with E-state index in [1.165, 1.54) is 24.8 Å². The minimum absolute atomic E-state index is 0.434. The average molecular weight is 246 g/mol. The summed E-state index contributed by atoms with van der Waals surface area (Å²) in [7, 11) is 0. The lowest BCUT2D eigenvalue weighted by atomic mass is 9.86. The lowest BCUT2D eigenvalue weighted by molar-refractivity contribution is 0.109. The molecule has 1 aromatic rings. The SMILES string of the molecule is CC1(C)CCCC1N(CCN)Cc1ccccc1. The van der Waals surface area contributed by atoms with Crippen molar-refractivity contribution >= 4 is 0 Å². The van der Waals surface area contributed by atoms with Gasteiger partial charge in [-0.05, 0) is 23.8 Å². The number of benzene rings is 1. The van der Waals surface area contributed by atoms with Crippen molar-refractivity contribution in [1.82, 2.24) is 4.90 Å². The van der Waals surface area contributed by atoms with E-state index in [2.05, 4.69) is 49.1 Å². The summed E-state index contributed by atoms with van der Waals surface area (Å²) in [4.78, 5) is 2.59. The average Bonchev–Trinajstić information content (AvgIpc) is 2.70. The van der Waals surface area contributed by atoms with Gasteiger partial charge in [0.2, 0.25) is 0 Å². The molecule has 1 aromatic carbocycles. The first kappa shape index (κ1) is 13.6. The van der Waals surface area contributed by atoms with Gasteiger partial charge < -0.3 is 5.73 Å². The zero-order chi connectivity index (χ0) is 13.0. The molecule has 1 atom stereocenters. The predicted molar refractivity (Wildman–Crippen MR) is 77.3 cm³/mol. The Balaban J connectivity index is 2.08. The number of nitrogens with two attached hydrogens (primary N) is 1. The van der Waals surface area contributed by atoms with E-state index in [9.17, 15) is 0 Å². The van der Waals surface area contributed by atoms with Gasteiger partial charge in [-0.3, -0.25) is 4.90 Å². The van der Waals surface area contributed by atoms with Crippen molar-refractivity contribution in [2.75, 3.05) is 13.1 Å². The zero-order valence-electron chi connectivity index (χ0n) is 11.7. The molecule has 0 radical (unpaired) electrons. The van der Waals surface area contributed by atoms with E-state index in [-0.39, 0.29) is 0 Å². The molecule has 100 valence electrons. The monoisotopic (exact) mass is 246 g/mol. The largest absolute Gasteiger partial charge is 0.329 e. The maximum Gasteiger partial charge on any atom is 0.0237 e. The van der Waals surface area contributed by atoms with Crippen LogP contribution in [0.25, 0.3) is 0 Å². The summed E-state index contributed by atoms with van der Waals surface area (Å²) in [5.41, 5.74) is 7.63. The van der Waals surface area contributed by atoms with Crippen molar-refractivity contribution in [1.29, 1.82) is 0 Å². The number of hydrogen-bond acceptors (Lipinski definition) is 2. The molecule has 2 N–H and O–H groups in total. The molecule has 1 aliphatic carbocycles. The van der Waals surface area contributed by atoms with E-state index in [4.69, 9.17) is 5.73 Å². The van der Waals surface area contributed by atoms with Crippen molar-refractivity contribution < 1.29 is 0 Å². The second kappa shape index (κ2) is 5.85. The lowest BCUT2D eigenvalue weighted by Crippen LogP contribution is -2.43. The first-order chi connectivity index (χ1) is 8.63. The molecule has 2 rings (SSSR count). The molecule has 0 aliphatic heterocycles. The fourth-order valence-electron chi connectivity index (χ4n) is 3.31. The van der Waals surface area contributed by atoms with Crippen LogP contribution in [0.2, 0.25) is 0 Å². The normalized spacial score (nSPS) is 22.6. The minimum Gasteiger partial charge on any atom is -0.329 e. The molecular weight excluding hydrogens is 220 g/mol. The summed E-state index contributed by atoms with van der Waals surface area (Å²) in [6.45, 7) is 7.59. The number of nitrogens with zero attached hydrogens (tertiary/aromatic N) is 1. The smallest absolute Gasteiger partial charge is 0.0237 e. The molecule has 1 aliphatic rings. The van der Waals surface area contributed by atoms with Crippen LogP contribution in [0.1, 0.15) is 38.7 Å². The quantitative estimate of drug-likeness (QED) is 0.865. The first-order valence-corrected chi connectivity index (χ1v) is 7.11. The molecule has 1 saturated carbocycles. The van der Waals surface area contributed by atoms with Crippen molar-refractivity contribution in [3.8, 4) is 0 Å². The van der Waals surface area contributed by atoms with E-state index in [0.29, 0.717) is 11.5 Å². The Morgan fingerprint density at radius 3 is 2.56 bits per heavy atom. The summed E-state index contributed by atoms with van der Waals surface area (Å²) >= 11 is 0. The number of rotatable bonds is 5. The number of hydrogen-bond donors (Lipinski definition) is 1. The van der Waals surface area contributed by atoms with Crippen LogP contribution in [0.3, 0.4) is 0 Å². The summed E-state index contributed by atoms with van der Waals surface area (Å²) in [5.74, 6) is 0. The molecule has 0 bridgehead atoms. The maximum atomic E-state index is 5.80. The molecule has 0 heterocycles. The fraction of sp³-hybridized carbons (Fsp3) is 0.625. The summed E-state index contributed by atoms with van der Waals surface area (Å²) < 4.78 is 0. The molecule has 0 spiro atoms. The Morgan fingerprint density at radius 2 is 2.00 bits per heavy atom. The van der Waals surface area contributed by atoms with Crippen LogP contribution in [0.5, 0.6) is 0 Å². The standard InChI is InChI=1S/C16H26N2/c1-16(2)10-6-9-15(16)18(12-11-17)13-14-7-4-3-5-8-14/h3-5,7-8,15H,6,9-13,17H2,1-2H3. The van der Waals surface area contributed by atoms with Crippen LogP contribution in [0.15, 0.2) is 30.3 Å². The van der Waals surface area contributed by atoms with Gasteiger partial charge in [-0.15, -0.1) is 0 Å². The summed E-state index contributed by atoms with van der Waals surface area (Å²) in [5, 5.41) is 0. The van der Waals surface area contributed by atoms with Gasteiger partial charge in [0.05, 0.1) is 0 Å². The highest BCUT2D eigenvalue weighted by molar-refractivity contribution is 5.15. The summed E-state index contributed by atoms with van der Waals surface area (Å²) in [6.07, 6.45) is 4.01. The third-order valence-corrected chi connectivity index (χ3v) is 4.29. The highest BCUT2D eigenvalue weighted by Crippen LogP contribution is 2.40. The molecule has 1 unspecified atom stereocenters. The van der Waals surface area contributed by atoms with Gasteiger partial charge in [0.1, 0.15) is 0 Å². The van der Waals surface area contributed by atoms with Crippen LogP contribution in [-0.2, 0) is 6.54 Å². The second-order valence-corrected chi connectivity index (χ2v) is 6.14. The third kappa shape index (κ3) is 3.12. The minimum atomic E-state index is 0.434. The molecule has 2 heteroatoms. The van der Waals surface area contributed by atoms with Gasteiger partial charge in [-0.25, -0.2) is 0 Å². The topological polar surface area (TPSA) is 29.3 Å². The van der Waals surface area contributed by atoms with E-state index >= 15 is 0 Å². The Kier molecular flexibility index (Phi) is 4.41. The molecule has 1 fully saturated rings. The van der Waals surface area contributed by atoms with E-state index in [0.717, 1.165) is 19.6 Å². The van der Waals surface area contributed by atoms with E-state index in [1.54, 1.807) is 0 Å². The molecule has 0 amide bonds.